The normalized spacial score (nSPS) is 10.7. The van der Waals surface area contributed by atoms with Gasteiger partial charge in [-0.15, -0.1) is 34.0 Å². The molecule has 8 heterocycles. The fourth-order valence-corrected chi connectivity index (χ4v) is 26.7. The smallest absolute Gasteiger partial charge is 0.223 e. The number of carbonyl (C=O) groups is 1. The van der Waals surface area contributed by atoms with Crippen LogP contribution in [-0.4, -0.2) is 94.8 Å². The van der Waals surface area contributed by atoms with E-state index < -0.39 is 18.4 Å². The van der Waals surface area contributed by atoms with Crippen molar-refractivity contribution in [2.24, 2.45) is 5.73 Å². The van der Waals surface area contributed by atoms with Gasteiger partial charge in [0, 0.05) is 105 Å². The van der Waals surface area contributed by atoms with E-state index in [1.165, 1.54) is 96.9 Å². The average Bonchev–Trinajstić information content (AvgIpc) is 1.64. The number of fused-ring (bicyclic) bond motifs is 3. The summed E-state index contributed by atoms with van der Waals surface area (Å²) in [5.74, 6) is 3.05. The molecule has 4 aromatic carbocycles. The number of ether oxygens (including phenoxy) is 2. The van der Waals surface area contributed by atoms with Crippen molar-refractivity contribution in [2.75, 3.05) is 20.8 Å². The van der Waals surface area contributed by atoms with Gasteiger partial charge in [-0.05, 0) is 103 Å². The first kappa shape index (κ1) is 79.4. The minimum atomic E-state index is -1.85. The molecular weight excluding hydrogens is 1490 g/mol. The monoisotopic (exact) mass is 1570 g/mol. The third-order valence-corrected chi connectivity index (χ3v) is 33.2. The van der Waals surface area contributed by atoms with Gasteiger partial charge in [-0.1, -0.05) is 72.8 Å². The molecule has 0 saturated carbocycles. The zero-order chi connectivity index (χ0) is 71.8. The third kappa shape index (κ3) is 23.3. The first-order chi connectivity index (χ1) is 48.5. The van der Waals surface area contributed by atoms with Gasteiger partial charge in [0.2, 0.25) is 5.28 Å². The van der Waals surface area contributed by atoms with Crippen LogP contribution in [-0.2, 0) is 12.8 Å². The number of thiophene rings is 3. The number of Topliss-reactive ketones (excluding diaryl/α,β-unsaturated/α-hetero) is 1. The predicted octanol–water partition coefficient (Wildman–Crippen LogP) is 22.0. The molecule has 24 heteroatoms. The van der Waals surface area contributed by atoms with Crippen molar-refractivity contribution in [1.82, 2.24) is 49.8 Å². The van der Waals surface area contributed by atoms with E-state index >= 15 is 0 Å². The Kier molecular flexibility index (Phi) is 33.1. The Bertz CT molecular complexity index is 4580. The van der Waals surface area contributed by atoms with E-state index in [0.29, 0.717) is 91.2 Å². The number of aryl methyl sites for hydroxylation is 1. The molecule has 2 N–H and O–H groups in total. The molecule has 520 valence electrons. The molecule has 12 rings (SSSR count). The quantitative estimate of drug-likeness (QED) is 0.0260. The standard InChI is InChI=1S/C24H21FN2O3S.C14H12FN3S.C14H9FN2S.C6H5ClN2.C4H2Cl2N2.3C4H9.C2H3.Sn/c1-29-21-10-9-15(13-22(21)30-2)20(28)7-4-8-23-26-12-11-19(27-23)17-14-31-24-16(17)5-3-6-18(24)25;15-11-3-1-2-9-10(8-19-14(9)11)12-5-7-17-13(18-12)4-6-16;1-2-13-16-7-6-12(17-13)10-8-18-14-9(10)4-3-5-11(14)15;1-2-6-8-4-3-5(7)9-6;5-3-1-2-7-4(6)8-3;3*1-3-4-2;1-2;/h3,5-6,9-14H,4,7-8H2,1-2H3;1-3,5,7-8H,4,6,16H2;2-8H,1H2;2-4H,1H2;1-2H;3*1,3-4H2,2H3;1H,2H2;. The van der Waals surface area contributed by atoms with Crippen molar-refractivity contribution in [1.29, 1.82) is 0 Å². The number of halogens is 6. The maximum Gasteiger partial charge on any atom is 0.223 e. The van der Waals surface area contributed by atoms with Crippen LogP contribution in [0.5, 0.6) is 11.5 Å². The van der Waals surface area contributed by atoms with E-state index in [1.807, 2.05) is 52.5 Å². The molecule has 0 bridgehead atoms. The van der Waals surface area contributed by atoms with E-state index in [4.69, 9.17) is 50.0 Å². The summed E-state index contributed by atoms with van der Waals surface area (Å²) in [4.78, 5) is 53.5. The molecule has 0 spiro atoms. The van der Waals surface area contributed by atoms with Crippen LogP contribution < -0.4 is 15.2 Å². The number of hydrogen-bond donors (Lipinski definition) is 1. The van der Waals surface area contributed by atoms with Crippen LogP contribution in [0.1, 0.15) is 106 Å². The van der Waals surface area contributed by atoms with E-state index in [9.17, 15) is 18.0 Å². The van der Waals surface area contributed by atoms with Crippen molar-refractivity contribution in [2.45, 2.75) is 98.3 Å². The maximum absolute atomic E-state index is 14.0. The molecule has 14 nitrogen and oxygen atoms in total. The maximum atomic E-state index is 14.0. The summed E-state index contributed by atoms with van der Waals surface area (Å²) in [6.45, 7) is 18.8. The number of benzene rings is 4. The molecular formula is C76H79Cl3F3N11O3S3Sn. The predicted molar refractivity (Wildman–Crippen MR) is 412 cm³/mol. The molecule has 0 aliphatic heterocycles. The number of carbonyl (C=O) groups excluding carboxylic acids is 1. The van der Waals surface area contributed by atoms with Crippen molar-refractivity contribution in [3.8, 4) is 45.3 Å². The summed E-state index contributed by atoms with van der Waals surface area (Å²) in [6.07, 6.45) is 22.0. The molecule has 0 aliphatic rings. The summed E-state index contributed by atoms with van der Waals surface area (Å²) in [5, 5.41) is 9.38. The van der Waals surface area contributed by atoms with Crippen LogP contribution in [0, 0.1) is 17.5 Å². The molecule has 0 fully saturated rings. The van der Waals surface area contributed by atoms with Crippen LogP contribution >= 0.6 is 68.8 Å². The minimum absolute atomic E-state index is 0.0245. The molecule has 0 unspecified atom stereocenters. The molecule has 100 heavy (non-hydrogen) atoms. The Hall–Kier alpha value is -7.93. The summed E-state index contributed by atoms with van der Waals surface area (Å²) >= 11 is 18.6. The Morgan fingerprint density at radius 2 is 0.950 bits per heavy atom. The molecule has 0 radical (unpaired) electrons. The van der Waals surface area contributed by atoms with Crippen molar-refractivity contribution in [3.05, 3.63) is 236 Å². The zero-order valence-electron chi connectivity index (χ0n) is 56.5. The summed E-state index contributed by atoms with van der Waals surface area (Å²) in [6, 6.07) is 29.1. The van der Waals surface area contributed by atoms with Crippen LogP contribution in [0.15, 0.2) is 174 Å². The molecule has 0 amide bonds. The summed E-state index contributed by atoms with van der Waals surface area (Å²) < 4.78 is 60.9. The largest absolute Gasteiger partial charge is 0.493 e. The Balaban J connectivity index is 0.000000178. The number of nitrogens with zero attached hydrogens (tertiary/aromatic N) is 10. The van der Waals surface area contributed by atoms with E-state index in [2.05, 4.69) is 94.4 Å². The second-order valence-corrected chi connectivity index (χ2v) is 39.3. The second kappa shape index (κ2) is 41.7. The molecule has 8 aromatic heterocycles. The second-order valence-electron chi connectivity index (χ2n) is 22.4. The topological polar surface area (TPSA) is 190 Å². The molecule has 0 saturated heterocycles. The van der Waals surface area contributed by atoms with Gasteiger partial charge in [-0.3, -0.25) is 4.79 Å². The van der Waals surface area contributed by atoms with Crippen LogP contribution in [0.4, 0.5) is 13.2 Å². The number of ketones is 1. The van der Waals surface area contributed by atoms with Gasteiger partial charge in [0.15, 0.2) is 28.9 Å². The van der Waals surface area contributed by atoms with Crippen LogP contribution in [0.25, 0.3) is 76.2 Å². The van der Waals surface area contributed by atoms with Gasteiger partial charge in [0.05, 0.1) is 45.4 Å². The van der Waals surface area contributed by atoms with E-state index in [-0.39, 0.29) is 28.5 Å². The first-order valence-corrected chi connectivity index (χ1v) is 43.9. The number of aromatic nitrogens is 10. The Morgan fingerprint density at radius 3 is 1.35 bits per heavy atom. The summed E-state index contributed by atoms with van der Waals surface area (Å²) in [5.41, 5.74) is 11.2. The zero-order valence-corrected chi connectivity index (χ0v) is 64.0. The Morgan fingerprint density at radius 1 is 0.520 bits per heavy atom. The van der Waals surface area contributed by atoms with Gasteiger partial charge in [-0.25, -0.2) is 63.0 Å². The number of hydrogen-bond acceptors (Lipinski definition) is 17. The van der Waals surface area contributed by atoms with Crippen LogP contribution in [0.3, 0.4) is 0 Å². The average molecular weight is 1570 g/mol. The number of unbranched alkanes of at least 4 members (excludes halogenated alkanes) is 3. The third-order valence-electron chi connectivity index (χ3n) is 15.6. The molecule has 0 atom stereocenters. The first-order valence-electron chi connectivity index (χ1n) is 32.5. The van der Waals surface area contributed by atoms with Gasteiger partial charge in [0.1, 0.15) is 39.4 Å². The van der Waals surface area contributed by atoms with Gasteiger partial charge < -0.3 is 15.2 Å². The van der Waals surface area contributed by atoms with Crippen molar-refractivity contribution >= 4 is 135 Å². The molecule has 12 aromatic rings. The van der Waals surface area contributed by atoms with Gasteiger partial charge >= 0.3 is 102 Å². The number of rotatable bonds is 24. The minimum Gasteiger partial charge on any atom is -0.493 e. The van der Waals surface area contributed by atoms with Gasteiger partial charge in [0.25, 0.3) is 0 Å². The number of nitrogens with two attached hydrogens (primary N) is 1. The summed E-state index contributed by atoms with van der Waals surface area (Å²) in [7, 11) is 3.10. The SMILES string of the molecule is C=Cc1nccc(-c2csc3c(F)cccc23)n1.C=Cc1nccc(Cl)n1.C=[CH][Sn]([CH2]CCC)([CH2]CCC)[CH2]CCC.COc1ccc(C(=O)CCCc2nccc(-c3csc4c(F)cccc34)n2)cc1OC.Clc1ccnc(Cl)n1.NCCc1nccc(-c2csc3c(F)cccc23)n1. The van der Waals surface area contributed by atoms with Crippen LogP contribution in [0.2, 0.25) is 28.9 Å². The van der Waals surface area contributed by atoms with E-state index in [0.717, 1.165) is 55.8 Å². The van der Waals surface area contributed by atoms with Crippen molar-refractivity contribution < 1.29 is 27.4 Å². The fourth-order valence-electron chi connectivity index (χ4n) is 10.3. The fraction of sp³-hybridized carbons (Fsp3) is 0.250. The Labute approximate surface area is 613 Å². The van der Waals surface area contributed by atoms with Gasteiger partial charge in [-0.2, -0.15) is 0 Å². The van der Waals surface area contributed by atoms with E-state index in [1.54, 1.807) is 113 Å². The molecule has 0 aliphatic carbocycles. The van der Waals surface area contributed by atoms with Crippen molar-refractivity contribution in [3.63, 3.8) is 0 Å². The number of methoxy groups -OCH3 is 2.